The molecule has 0 fully saturated rings. The fourth-order valence-electron chi connectivity index (χ4n) is 1.49. The number of benzene rings is 1. The maximum atomic E-state index is 4.60. The van der Waals surface area contributed by atoms with Crippen LogP contribution in [0.4, 0.5) is 0 Å². The summed E-state index contributed by atoms with van der Waals surface area (Å²) in [7, 11) is 0. The summed E-state index contributed by atoms with van der Waals surface area (Å²) in [5.41, 5.74) is 2.77. The average Bonchev–Trinajstić information content (AvgIpc) is 2.16. The number of thiol groups is 1. The second-order valence-corrected chi connectivity index (χ2v) is 13.5. The van der Waals surface area contributed by atoms with Gasteiger partial charge < -0.3 is 0 Å². The van der Waals surface area contributed by atoms with E-state index in [-0.39, 0.29) is 4.75 Å². The molecular weight excluding hydrogens is 327 g/mol. The Bertz CT molecular complexity index is 344. The van der Waals surface area contributed by atoms with Crippen molar-refractivity contribution in [1.82, 2.24) is 0 Å². The second kappa shape index (κ2) is 4.89. The molecule has 92 valence electrons. The minimum atomic E-state index is -0.853. The zero-order valence-electron chi connectivity index (χ0n) is 11.1. The van der Waals surface area contributed by atoms with Crippen LogP contribution in [0.3, 0.4) is 0 Å². The van der Waals surface area contributed by atoms with Gasteiger partial charge in [0.2, 0.25) is 0 Å². The van der Waals surface area contributed by atoms with Crippen LogP contribution in [0.15, 0.2) is 24.3 Å². The van der Waals surface area contributed by atoms with Crippen molar-refractivity contribution in [3.8, 4) is 0 Å². The number of alkyl halides is 3. The minimum absolute atomic E-state index is 0.0423. The summed E-state index contributed by atoms with van der Waals surface area (Å²) < 4.78 is 0.350. The summed E-state index contributed by atoms with van der Waals surface area (Å²) in [6.45, 7) is 9.01. The standard InChI is InChI=1S/C14H23IS/c1-13(2,15(5)6)11-7-9-12(10-8-11)14(3,4)16/h7-10,16H,1-6H3. The van der Waals surface area contributed by atoms with Crippen molar-refractivity contribution in [2.45, 2.75) is 35.9 Å². The van der Waals surface area contributed by atoms with Crippen LogP contribution >= 0.6 is 32.4 Å². The summed E-state index contributed by atoms with van der Waals surface area (Å²) in [6, 6.07) is 9.02. The quantitative estimate of drug-likeness (QED) is 0.450. The fourth-order valence-corrected chi connectivity index (χ4v) is 3.25. The van der Waals surface area contributed by atoms with Crippen LogP contribution in [0.5, 0.6) is 0 Å². The van der Waals surface area contributed by atoms with Crippen LogP contribution < -0.4 is 0 Å². The van der Waals surface area contributed by atoms with E-state index in [0.717, 1.165) is 0 Å². The monoisotopic (exact) mass is 350 g/mol. The van der Waals surface area contributed by atoms with Crippen molar-refractivity contribution in [3.63, 3.8) is 0 Å². The van der Waals surface area contributed by atoms with Gasteiger partial charge in [0.25, 0.3) is 0 Å². The molecule has 0 saturated heterocycles. The molecule has 0 atom stereocenters. The van der Waals surface area contributed by atoms with Crippen LogP contribution in [0.25, 0.3) is 0 Å². The first-order valence-electron chi connectivity index (χ1n) is 5.49. The Morgan fingerprint density at radius 3 is 1.56 bits per heavy atom. The molecule has 0 aromatic heterocycles. The molecule has 0 spiro atoms. The second-order valence-electron chi connectivity index (χ2n) is 5.36. The molecule has 0 unspecified atom stereocenters. The molecule has 0 heterocycles. The topological polar surface area (TPSA) is 0 Å². The van der Waals surface area contributed by atoms with E-state index in [1.165, 1.54) is 11.1 Å². The maximum absolute atomic E-state index is 4.60. The van der Waals surface area contributed by atoms with Gasteiger partial charge in [0.05, 0.1) is 0 Å². The van der Waals surface area contributed by atoms with Crippen molar-refractivity contribution < 1.29 is 0 Å². The molecule has 1 rings (SSSR count). The van der Waals surface area contributed by atoms with Crippen molar-refractivity contribution >= 4 is 32.4 Å². The number of halogens is 1. The number of hydrogen-bond acceptors (Lipinski definition) is 1. The van der Waals surface area contributed by atoms with E-state index < -0.39 is 19.8 Å². The van der Waals surface area contributed by atoms with Gasteiger partial charge in [-0.2, -0.15) is 0 Å². The van der Waals surface area contributed by atoms with Crippen molar-refractivity contribution in [2.75, 3.05) is 9.86 Å². The first-order valence-corrected chi connectivity index (χ1v) is 11.3. The molecule has 0 aliphatic carbocycles. The third kappa shape index (κ3) is 3.16. The van der Waals surface area contributed by atoms with E-state index in [4.69, 9.17) is 0 Å². The first kappa shape index (κ1) is 14.4. The van der Waals surface area contributed by atoms with Gasteiger partial charge in [-0.15, -0.1) is 0 Å². The van der Waals surface area contributed by atoms with Gasteiger partial charge in [-0.25, -0.2) is 0 Å². The van der Waals surface area contributed by atoms with Crippen LogP contribution in [0, 0.1) is 0 Å². The molecule has 0 saturated carbocycles. The molecule has 16 heavy (non-hydrogen) atoms. The Kier molecular flexibility index (Phi) is 4.39. The summed E-state index contributed by atoms with van der Waals surface area (Å²) in [5, 5.41) is 0. The van der Waals surface area contributed by atoms with Crippen LogP contribution in [-0.2, 0) is 8.17 Å². The zero-order chi connectivity index (χ0) is 12.6. The molecule has 1 aromatic rings. The Morgan fingerprint density at radius 1 is 0.875 bits per heavy atom. The molecule has 0 radical (unpaired) electrons. The number of hydrogen-bond donors (Lipinski definition) is 1. The van der Waals surface area contributed by atoms with Gasteiger partial charge in [-0.3, -0.25) is 0 Å². The Balaban J connectivity index is 3.05. The van der Waals surface area contributed by atoms with E-state index in [9.17, 15) is 0 Å². The van der Waals surface area contributed by atoms with E-state index in [1.807, 2.05) is 0 Å². The van der Waals surface area contributed by atoms with Crippen molar-refractivity contribution in [1.29, 1.82) is 0 Å². The molecule has 0 amide bonds. The Hall–Kier alpha value is 0.300. The summed E-state index contributed by atoms with van der Waals surface area (Å²) in [5.74, 6) is 0. The van der Waals surface area contributed by atoms with E-state index in [2.05, 4.69) is 74.5 Å². The van der Waals surface area contributed by atoms with Crippen molar-refractivity contribution in [3.05, 3.63) is 35.4 Å². The first-order chi connectivity index (χ1) is 7.15. The molecule has 2 heteroatoms. The van der Waals surface area contributed by atoms with Gasteiger partial charge in [0.1, 0.15) is 0 Å². The van der Waals surface area contributed by atoms with E-state index in [0.29, 0.717) is 3.42 Å². The van der Waals surface area contributed by atoms with E-state index >= 15 is 0 Å². The average molecular weight is 350 g/mol. The van der Waals surface area contributed by atoms with Crippen molar-refractivity contribution in [2.24, 2.45) is 0 Å². The van der Waals surface area contributed by atoms with Crippen LogP contribution in [0.2, 0.25) is 0 Å². The predicted octanol–water partition coefficient (Wildman–Crippen LogP) is 4.85. The molecule has 0 N–H and O–H groups in total. The third-order valence-electron chi connectivity index (χ3n) is 3.22. The molecule has 0 aliphatic rings. The van der Waals surface area contributed by atoms with Gasteiger partial charge in [0.15, 0.2) is 0 Å². The van der Waals surface area contributed by atoms with Gasteiger partial charge in [0, 0.05) is 0 Å². The molecule has 0 bridgehead atoms. The SMILES string of the molecule is CI(C)C(C)(C)c1ccc(C(C)(C)S)cc1. The molecular formula is C14H23IS. The number of rotatable bonds is 3. The van der Waals surface area contributed by atoms with Crippen LogP contribution in [-0.4, -0.2) is 9.86 Å². The predicted molar refractivity (Wildman–Crippen MR) is 87.3 cm³/mol. The Labute approximate surface area is 113 Å². The molecule has 0 aliphatic heterocycles. The molecule has 1 aromatic carbocycles. The van der Waals surface area contributed by atoms with E-state index in [1.54, 1.807) is 0 Å². The third-order valence-corrected chi connectivity index (χ3v) is 9.50. The summed E-state index contributed by atoms with van der Waals surface area (Å²) >= 11 is 3.75. The summed E-state index contributed by atoms with van der Waals surface area (Å²) in [6.07, 6.45) is 0. The summed E-state index contributed by atoms with van der Waals surface area (Å²) in [4.78, 5) is 4.86. The van der Waals surface area contributed by atoms with Gasteiger partial charge >= 0.3 is 114 Å². The fraction of sp³-hybridized carbons (Fsp3) is 0.571. The van der Waals surface area contributed by atoms with Gasteiger partial charge in [-0.1, -0.05) is 0 Å². The van der Waals surface area contributed by atoms with Gasteiger partial charge in [-0.05, 0) is 0 Å². The zero-order valence-corrected chi connectivity index (χ0v) is 14.2. The molecule has 0 nitrogen and oxygen atoms in total. The normalized spacial score (nSPS) is 13.8. The Morgan fingerprint density at radius 2 is 1.25 bits per heavy atom. The van der Waals surface area contributed by atoms with Crippen LogP contribution in [0.1, 0.15) is 38.8 Å².